The van der Waals surface area contributed by atoms with Crippen molar-refractivity contribution in [2.24, 2.45) is 5.92 Å². The first kappa shape index (κ1) is 34.3. The Hall–Kier alpha value is -4.15. The van der Waals surface area contributed by atoms with Gasteiger partial charge in [-0.2, -0.15) is 0 Å². The van der Waals surface area contributed by atoms with Gasteiger partial charge in [-0.15, -0.1) is 0 Å². The summed E-state index contributed by atoms with van der Waals surface area (Å²) in [7, 11) is 1.52. The van der Waals surface area contributed by atoms with E-state index in [9.17, 15) is 14.4 Å². The quantitative estimate of drug-likeness (QED) is 0.238. The van der Waals surface area contributed by atoms with Crippen LogP contribution in [0.4, 0.5) is 11.4 Å². The van der Waals surface area contributed by atoms with Crippen LogP contribution in [0.1, 0.15) is 84.6 Å². The number of rotatable bonds is 11. The molecule has 2 amide bonds. The van der Waals surface area contributed by atoms with Crippen LogP contribution in [-0.2, 0) is 21.5 Å². The molecule has 266 valence electrons. The third kappa shape index (κ3) is 6.67. The molecule has 3 aromatic rings. The van der Waals surface area contributed by atoms with E-state index in [1.807, 2.05) is 13.0 Å². The minimum Gasteiger partial charge on any atom is -0.496 e. The second kappa shape index (κ2) is 14.2. The van der Waals surface area contributed by atoms with Crippen molar-refractivity contribution in [1.29, 1.82) is 0 Å². The number of anilines is 2. The van der Waals surface area contributed by atoms with Crippen LogP contribution in [0.15, 0.2) is 41.2 Å². The number of piperidine rings is 1. The number of H-pyrrole nitrogens is 1. The molecule has 0 unspecified atom stereocenters. The lowest BCUT2D eigenvalue weighted by Gasteiger charge is -2.38. The number of nitrogens with one attached hydrogen (secondary N) is 3. The fraction of sp³-hybridized carbons (Fsp3) is 0.525. The second-order valence-corrected chi connectivity index (χ2v) is 14.7. The zero-order valence-electron chi connectivity index (χ0n) is 30.0. The van der Waals surface area contributed by atoms with Gasteiger partial charge in [0.15, 0.2) is 0 Å². The van der Waals surface area contributed by atoms with Gasteiger partial charge >= 0.3 is 0 Å². The highest BCUT2D eigenvalue weighted by molar-refractivity contribution is 6.07. The monoisotopic (exact) mass is 681 g/mol. The molecule has 10 nitrogen and oxygen atoms in total. The number of aromatic amines is 1. The highest BCUT2D eigenvalue weighted by atomic mass is 16.5. The van der Waals surface area contributed by atoms with Gasteiger partial charge in [0.05, 0.1) is 24.6 Å². The van der Waals surface area contributed by atoms with Crippen LogP contribution in [-0.4, -0.2) is 74.2 Å². The number of methoxy groups -OCH3 is 1. The van der Waals surface area contributed by atoms with Gasteiger partial charge < -0.3 is 34.9 Å². The third-order valence-electron chi connectivity index (χ3n) is 11.6. The maximum atomic E-state index is 14.0. The van der Waals surface area contributed by atoms with Crippen LogP contribution in [0.2, 0.25) is 0 Å². The summed E-state index contributed by atoms with van der Waals surface area (Å²) >= 11 is 0. The lowest BCUT2D eigenvalue weighted by molar-refractivity contribution is -0.122. The first-order valence-corrected chi connectivity index (χ1v) is 18.4. The molecular weight excluding hydrogens is 630 g/mol. The normalized spacial score (nSPS) is 18.9. The van der Waals surface area contributed by atoms with Gasteiger partial charge in [-0.25, -0.2) is 0 Å². The van der Waals surface area contributed by atoms with Gasteiger partial charge in [-0.3, -0.25) is 14.4 Å². The van der Waals surface area contributed by atoms with Gasteiger partial charge in [0.2, 0.25) is 5.91 Å². The Kier molecular flexibility index (Phi) is 9.76. The SMILES string of the molecule is CCN(c1cc(-c2ccc3c(c2)NC(=O)C32CCN(CCC3CC3)CC2)cc(C(=O)NCc2c(OC)cc(C)[nH]c2=O)c1C)C1CCOCC1. The molecule has 1 spiro atoms. The third-order valence-corrected chi connectivity index (χ3v) is 11.6. The van der Waals surface area contributed by atoms with Gasteiger partial charge in [-0.05, 0) is 125 Å². The van der Waals surface area contributed by atoms with E-state index in [0.717, 1.165) is 91.4 Å². The van der Waals surface area contributed by atoms with Crippen LogP contribution in [0, 0.1) is 19.8 Å². The first-order valence-electron chi connectivity index (χ1n) is 18.4. The van der Waals surface area contributed by atoms with Crippen molar-refractivity contribution >= 4 is 23.2 Å². The summed E-state index contributed by atoms with van der Waals surface area (Å²) in [6.07, 6.45) is 7.53. The Morgan fingerprint density at radius 1 is 1.04 bits per heavy atom. The van der Waals surface area contributed by atoms with Crippen molar-refractivity contribution in [2.45, 2.75) is 83.7 Å². The molecule has 3 aliphatic heterocycles. The Morgan fingerprint density at radius 3 is 2.50 bits per heavy atom. The summed E-state index contributed by atoms with van der Waals surface area (Å²) in [6.45, 7) is 11.2. The number of pyridine rings is 1. The molecule has 1 aromatic heterocycles. The number of benzene rings is 2. The summed E-state index contributed by atoms with van der Waals surface area (Å²) in [5.74, 6) is 1.19. The van der Waals surface area contributed by atoms with E-state index in [1.165, 1.54) is 26.4 Å². The van der Waals surface area contributed by atoms with Crippen molar-refractivity contribution in [3.05, 3.63) is 74.7 Å². The average molecular weight is 682 g/mol. The summed E-state index contributed by atoms with van der Waals surface area (Å²) in [6, 6.07) is 12.5. The molecule has 50 heavy (non-hydrogen) atoms. The molecule has 4 aliphatic rings. The van der Waals surface area contributed by atoms with Crippen molar-refractivity contribution in [2.75, 3.05) is 56.7 Å². The predicted molar refractivity (Wildman–Crippen MR) is 196 cm³/mol. The van der Waals surface area contributed by atoms with Crippen LogP contribution >= 0.6 is 0 Å². The molecule has 0 bridgehead atoms. The minimum absolute atomic E-state index is 0.0268. The van der Waals surface area contributed by atoms with Crippen LogP contribution in [0.3, 0.4) is 0 Å². The molecule has 1 saturated carbocycles. The Labute approximate surface area is 294 Å². The number of ether oxygens (including phenoxy) is 2. The number of carbonyl (C=O) groups is 2. The van der Waals surface area contributed by atoms with E-state index in [2.05, 4.69) is 56.6 Å². The molecule has 2 saturated heterocycles. The zero-order chi connectivity index (χ0) is 35.0. The van der Waals surface area contributed by atoms with Gasteiger partial charge in [-0.1, -0.05) is 25.0 Å². The molecule has 1 aliphatic carbocycles. The number of likely N-dealkylation sites (tertiary alicyclic amines) is 1. The average Bonchev–Trinajstić information content (AvgIpc) is 3.92. The first-order chi connectivity index (χ1) is 24.2. The maximum absolute atomic E-state index is 14.0. The largest absolute Gasteiger partial charge is 0.496 e. The molecule has 4 heterocycles. The van der Waals surface area contributed by atoms with E-state index in [1.54, 1.807) is 13.0 Å². The van der Waals surface area contributed by atoms with Crippen LogP contribution in [0.25, 0.3) is 11.1 Å². The van der Waals surface area contributed by atoms with E-state index >= 15 is 0 Å². The predicted octanol–water partition coefficient (Wildman–Crippen LogP) is 5.69. The molecule has 0 atom stereocenters. The number of aromatic nitrogens is 1. The van der Waals surface area contributed by atoms with E-state index in [-0.39, 0.29) is 23.9 Å². The molecular formula is C40H51N5O5. The minimum atomic E-state index is -0.482. The molecule has 7 rings (SSSR count). The Bertz CT molecular complexity index is 1820. The number of hydrogen-bond donors (Lipinski definition) is 3. The molecule has 3 N–H and O–H groups in total. The number of amides is 2. The van der Waals surface area contributed by atoms with Crippen molar-refractivity contribution in [1.82, 2.24) is 15.2 Å². The second-order valence-electron chi connectivity index (χ2n) is 14.7. The Morgan fingerprint density at radius 2 is 1.80 bits per heavy atom. The van der Waals surface area contributed by atoms with Crippen LogP contribution < -0.4 is 25.8 Å². The fourth-order valence-electron chi connectivity index (χ4n) is 8.36. The van der Waals surface area contributed by atoms with Crippen LogP contribution in [0.5, 0.6) is 5.75 Å². The number of fused-ring (bicyclic) bond motifs is 2. The van der Waals surface area contributed by atoms with Gasteiger partial charge in [0.1, 0.15) is 5.75 Å². The number of nitrogens with zero attached hydrogens (tertiary/aromatic N) is 2. The number of aryl methyl sites for hydroxylation is 1. The van der Waals surface area contributed by atoms with Gasteiger partial charge in [0, 0.05) is 48.4 Å². The maximum Gasteiger partial charge on any atom is 0.256 e. The standard InChI is InChI=1S/C40H51N5O5/c1-5-45(30-11-18-50-19-12-30)35-23-29(21-31(26(35)3)37(46)41-24-32-36(49-4)20-25(2)42-38(32)47)28-8-9-33-34(22-28)43-39(48)40(33)13-16-44(17-14-40)15-10-27-6-7-27/h8-9,20-23,27,30H,5-7,10-19,24H2,1-4H3,(H,41,46)(H,42,47)(H,43,48). The number of carbonyl (C=O) groups excluding carboxylic acids is 2. The Balaban J connectivity index is 1.20. The summed E-state index contributed by atoms with van der Waals surface area (Å²) < 4.78 is 11.2. The van der Waals surface area contributed by atoms with E-state index in [4.69, 9.17) is 9.47 Å². The number of hydrogen-bond acceptors (Lipinski definition) is 7. The van der Waals surface area contributed by atoms with E-state index in [0.29, 0.717) is 41.8 Å². The lowest BCUT2D eigenvalue weighted by atomic mass is 9.73. The topological polar surface area (TPSA) is 116 Å². The molecule has 2 aromatic carbocycles. The highest BCUT2D eigenvalue weighted by Gasteiger charge is 2.48. The highest BCUT2D eigenvalue weighted by Crippen LogP contribution is 2.47. The van der Waals surface area contributed by atoms with E-state index < -0.39 is 5.41 Å². The van der Waals surface area contributed by atoms with Crippen molar-refractivity contribution in [3.8, 4) is 16.9 Å². The molecule has 3 fully saturated rings. The summed E-state index contributed by atoms with van der Waals surface area (Å²) in [4.78, 5) is 48.2. The lowest BCUT2D eigenvalue weighted by Crippen LogP contribution is -2.46. The fourth-order valence-corrected chi connectivity index (χ4v) is 8.36. The smallest absolute Gasteiger partial charge is 0.256 e. The summed E-state index contributed by atoms with van der Waals surface area (Å²) in [5, 5.41) is 6.25. The zero-order valence-corrected chi connectivity index (χ0v) is 30.0. The van der Waals surface area contributed by atoms with Gasteiger partial charge in [0.25, 0.3) is 11.5 Å². The molecule has 0 radical (unpaired) electrons. The summed E-state index contributed by atoms with van der Waals surface area (Å²) in [5.41, 5.74) is 6.53. The van der Waals surface area contributed by atoms with Crippen molar-refractivity contribution in [3.63, 3.8) is 0 Å². The van der Waals surface area contributed by atoms with Crippen molar-refractivity contribution < 1.29 is 19.1 Å². The molecule has 10 heteroatoms.